The Kier molecular flexibility index (Phi) is 4.51. The molecule has 1 unspecified atom stereocenters. The summed E-state index contributed by atoms with van der Waals surface area (Å²) >= 11 is 0. The summed E-state index contributed by atoms with van der Waals surface area (Å²) in [6.07, 6.45) is 0. The molecule has 116 valence electrons. The molecular weight excluding hydrogens is 304 g/mol. The highest BCUT2D eigenvalue weighted by Crippen LogP contribution is 2.24. The lowest BCUT2D eigenvalue weighted by atomic mass is 10.0. The van der Waals surface area contributed by atoms with Gasteiger partial charge in [0.1, 0.15) is 10.6 Å². The van der Waals surface area contributed by atoms with Crippen LogP contribution in [0.2, 0.25) is 0 Å². The molecule has 22 heavy (non-hydrogen) atoms. The van der Waals surface area contributed by atoms with Crippen molar-refractivity contribution >= 4 is 16.1 Å². The van der Waals surface area contributed by atoms with Crippen LogP contribution in [0.4, 0.5) is 0 Å². The van der Waals surface area contributed by atoms with E-state index in [1.165, 1.54) is 31.2 Å². The van der Waals surface area contributed by atoms with Crippen LogP contribution in [0.25, 0.3) is 0 Å². The first-order chi connectivity index (χ1) is 10.3. The van der Waals surface area contributed by atoms with E-state index in [-0.39, 0.29) is 10.6 Å². The zero-order chi connectivity index (χ0) is 16.3. The van der Waals surface area contributed by atoms with Gasteiger partial charge in [-0.05, 0) is 43.7 Å². The molecule has 2 aromatic carbocycles. The predicted octanol–water partition coefficient (Wildman–Crippen LogP) is 2.95. The molecule has 0 saturated heterocycles. The van der Waals surface area contributed by atoms with E-state index in [1.807, 2.05) is 6.92 Å². The molecule has 0 radical (unpaired) electrons. The number of carboxylic acid groups (broad SMARTS) is 1. The molecule has 2 rings (SSSR count). The quantitative estimate of drug-likeness (QED) is 0.857. The standard InChI is InChI=1S/C16H16O5S/c1-11-6-8-15(9-7-11)22(19,20)21-14-5-3-4-13(10-14)12(2)16(17)18/h3-10,12H,1-2H3,(H,17,18). The maximum atomic E-state index is 12.2. The molecule has 0 bridgehead atoms. The number of aryl methyl sites for hydroxylation is 1. The van der Waals surface area contributed by atoms with Gasteiger partial charge in [-0.2, -0.15) is 8.42 Å². The number of hydrogen-bond donors (Lipinski definition) is 1. The minimum Gasteiger partial charge on any atom is -0.481 e. The fourth-order valence-electron chi connectivity index (χ4n) is 1.86. The zero-order valence-electron chi connectivity index (χ0n) is 12.2. The lowest BCUT2D eigenvalue weighted by Crippen LogP contribution is -2.11. The molecular formula is C16H16O5S. The van der Waals surface area contributed by atoms with Gasteiger partial charge in [0.15, 0.2) is 0 Å². The normalized spacial score (nSPS) is 12.6. The van der Waals surface area contributed by atoms with Gasteiger partial charge in [-0.3, -0.25) is 4.79 Å². The van der Waals surface area contributed by atoms with Crippen molar-refractivity contribution in [3.8, 4) is 5.75 Å². The topological polar surface area (TPSA) is 80.7 Å². The molecule has 0 spiro atoms. The minimum absolute atomic E-state index is 0.0507. The Hall–Kier alpha value is -2.34. The smallest absolute Gasteiger partial charge is 0.339 e. The zero-order valence-corrected chi connectivity index (χ0v) is 13.0. The van der Waals surface area contributed by atoms with E-state index in [0.717, 1.165) is 5.56 Å². The Balaban J connectivity index is 2.28. The van der Waals surface area contributed by atoms with Gasteiger partial charge in [0.2, 0.25) is 0 Å². The molecule has 2 aromatic rings. The molecule has 0 saturated carbocycles. The molecule has 0 aliphatic carbocycles. The van der Waals surface area contributed by atoms with Crippen LogP contribution in [0.3, 0.4) is 0 Å². The first kappa shape index (κ1) is 16.0. The SMILES string of the molecule is Cc1ccc(S(=O)(=O)Oc2cccc(C(C)C(=O)O)c2)cc1. The molecule has 0 aromatic heterocycles. The molecule has 5 nitrogen and oxygen atoms in total. The Labute approximate surface area is 129 Å². The fourth-order valence-corrected chi connectivity index (χ4v) is 2.78. The second-order valence-corrected chi connectivity index (χ2v) is 6.53. The summed E-state index contributed by atoms with van der Waals surface area (Å²) in [6.45, 7) is 3.38. The average molecular weight is 320 g/mol. The Morgan fingerprint density at radius 2 is 1.77 bits per heavy atom. The monoisotopic (exact) mass is 320 g/mol. The van der Waals surface area contributed by atoms with Crippen LogP contribution < -0.4 is 4.18 Å². The van der Waals surface area contributed by atoms with Crippen molar-refractivity contribution in [1.29, 1.82) is 0 Å². The largest absolute Gasteiger partial charge is 0.481 e. The first-order valence-electron chi connectivity index (χ1n) is 6.63. The third-order valence-electron chi connectivity index (χ3n) is 3.24. The maximum Gasteiger partial charge on any atom is 0.339 e. The molecule has 1 N–H and O–H groups in total. The molecule has 6 heteroatoms. The highest BCUT2D eigenvalue weighted by Gasteiger charge is 2.18. The van der Waals surface area contributed by atoms with Gasteiger partial charge in [0.25, 0.3) is 0 Å². The molecule has 0 fully saturated rings. The molecule has 0 aliphatic heterocycles. The lowest BCUT2D eigenvalue weighted by molar-refractivity contribution is -0.138. The van der Waals surface area contributed by atoms with Crippen LogP contribution in [0.15, 0.2) is 53.4 Å². The van der Waals surface area contributed by atoms with Crippen molar-refractivity contribution in [3.63, 3.8) is 0 Å². The molecule has 1 atom stereocenters. The Bertz CT molecular complexity index is 778. The third kappa shape index (κ3) is 3.65. The predicted molar refractivity (Wildman–Crippen MR) is 81.5 cm³/mol. The van der Waals surface area contributed by atoms with Gasteiger partial charge in [-0.1, -0.05) is 29.8 Å². The highest BCUT2D eigenvalue weighted by atomic mass is 32.2. The molecule has 0 amide bonds. The summed E-state index contributed by atoms with van der Waals surface area (Å²) in [5.74, 6) is -1.64. The van der Waals surface area contributed by atoms with Crippen LogP contribution in [0.5, 0.6) is 5.75 Å². The van der Waals surface area contributed by atoms with Crippen molar-refractivity contribution in [1.82, 2.24) is 0 Å². The van der Waals surface area contributed by atoms with Crippen molar-refractivity contribution in [3.05, 3.63) is 59.7 Å². The average Bonchev–Trinajstić information content (AvgIpc) is 2.46. The van der Waals surface area contributed by atoms with Crippen molar-refractivity contribution in [2.75, 3.05) is 0 Å². The van der Waals surface area contributed by atoms with Crippen LogP contribution in [-0.4, -0.2) is 19.5 Å². The van der Waals surface area contributed by atoms with E-state index in [9.17, 15) is 13.2 Å². The summed E-state index contributed by atoms with van der Waals surface area (Å²) in [5, 5.41) is 9.00. The Morgan fingerprint density at radius 1 is 1.14 bits per heavy atom. The van der Waals surface area contributed by atoms with Gasteiger partial charge in [-0.15, -0.1) is 0 Å². The van der Waals surface area contributed by atoms with E-state index in [4.69, 9.17) is 9.29 Å². The number of hydrogen-bond acceptors (Lipinski definition) is 4. The van der Waals surface area contributed by atoms with Gasteiger partial charge < -0.3 is 9.29 Å². The summed E-state index contributed by atoms with van der Waals surface area (Å²) in [5.41, 5.74) is 1.42. The highest BCUT2D eigenvalue weighted by molar-refractivity contribution is 7.87. The maximum absolute atomic E-state index is 12.2. The number of benzene rings is 2. The number of rotatable bonds is 5. The van der Waals surface area contributed by atoms with E-state index in [1.54, 1.807) is 24.3 Å². The van der Waals surface area contributed by atoms with Crippen LogP contribution >= 0.6 is 0 Å². The van der Waals surface area contributed by atoms with E-state index < -0.39 is 22.0 Å². The lowest BCUT2D eigenvalue weighted by Gasteiger charge is -2.10. The second-order valence-electron chi connectivity index (χ2n) is 4.98. The van der Waals surface area contributed by atoms with Crippen LogP contribution in [0, 0.1) is 6.92 Å². The van der Waals surface area contributed by atoms with Gasteiger partial charge in [-0.25, -0.2) is 0 Å². The molecule has 0 aliphatic rings. The first-order valence-corrected chi connectivity index (χ1v) is 8.04. The van der Waals surface area contributed by atoms with E-state index in [2.05, 4.69) is 0 Å². The van der Waals surface area contributed by atoms with Gasteiger partial charge in [0, 0.05) is 0 Å². The summed E-state index contributed by atoms with van der Waals surface area (Å²) < 4.78 is 29.5. The van der Waals surface area contributed by atoms with E-state index >= 15 is 0 Å². The number of carboxylic acids is 1. The third-order valence-corrected chi connectivity index (χ3v) is 4.51. The van der Waals surface area contributed by atoms with E-state index in [0.29, 0.717) is 5.56 Å². The second kappa shape index (κ2) is 6.19. The summed E-state index contributed by atoms with van der Waals surface area (Å²) in [7, 11) is -3.94. The number of carbonyl (C=O) groups is 1. The van der Waals surface area contributed by atoms with Gasteiger partial charge >= 0.3 is 16.1 Å². The van der Waals surface area contributed by atoms with Crippen molar-refractivity contribution < 1.29 is 22.5 Å². The summed E-state index contributed by atoms with van der Waals surface area (Å²) in [6, 6.07) is 12.4. The van der Waals surface area contributed by atoms with Crippen LogP contribution in [-0.2, 0) is 14.9 Å². The Morgan fingerprint density at radius 3 is 2.36 bits per heavy atom. The van der Waals surface area contributed by atoms with Gasteiger partial charge in [0.05, 0.1) is 5.92 Å². The fraction of sp³-hybridized carbons (Fsp3) is 0.188. The summed E-state index contributed by atoms with van der Waals surface area (Å²) in [4.78, 5) is 11.0. The number of aliphatic carboxylic acids is 1. The van der Waals surface area contributed by atoms with Crippen molar-refractivity contribution in [2.24, 2.45) is 0 Å². The van der Waals surface area contributed by atoms with Crippen molar-refractivity contribution in [2.45, 2.75) is 24.7 Å². The molecule has 0 heterocycles. The minimum atomic E-state index is -3.94. The van der Waals surface area contributed by atoms with Crippen LogP contribution in [0.1, 0.15) is 24.0 Å².